The molecule has 15 heavy (non-hydrogen) atoms. The summed E-state index contributed by atoms with van der Waals surface area (Å²) in [6.07, 6.45) is 0. The van der Waals surface area contributed by atoms with Crippen molar-refractivity contribution in [1.82, 2.24) is 0 Å². The van der Waals surface area contributed by atoms with Crippen molar-refractivity contribution in [1.29, 1.82) is 0 Å². The summed E-state index contributed by atoms with van der Waals surface area (Å²) in [5.74, 6) is 0.0324. The van der Waals surface area contributed by atoms with Crippen LogP contribution in [0.15, 0.2) is 27.4 Å². The number of rotatable bonds is 0. The Balaban J connectivity index is 0.00000112. The lowest BCUT2D eigenvalue weighted by Crippen LogP contribution is -2.00. The van der Waals surface area contributed by atoms with Crippen LogP contribution in [0.1, 0.15) is 13.2 Å². The average Bonchev–Trinajstić information content (AvgIpc) is 1.99. The van der Waals surface area contributed by atoms with Crippen molar-refractivity contribution in [3.05, 3.63) is 34.2 Å². The van der Waals surface area contributed by atoms with E-state index in [1.165, 1.54) is 12.1 Å². The molecule has 2 aromatic rings. The Bertz CT molecular complexity index is 549. The topological polar surface area (TPSA) is 70.7 Å². The number of hydrogen-bond acceptors (Lipinski definition) is 4. The first-order chi connectivity index (χ1) is 6.58. The number of benzene rings is 1. The molecule has 2 N–H and O–H groups in total. The van der Waals surface area contributed by atoms with Gasteiger partial charge in [0.2, 0.25) is 0 Å². The van der Waals surface area contributed by atoms with Crippen LogP contribution in [0.25, 0.3) is 11.0 Å². The fourth-order valence-electron chi connectivity index (χ4n) is 1.37. The minimum Gasteiger partial charge on any atom is -0.508 e. The largest absolute Gasteiger partial charge is 0.508 e. The maximum absolute atomic E-state index is 11.4. The van der Waals surface area contributed by atoms with Crippen molar-refractivity contribution in [3.8, 4) is 11.5 Å². The molecule has 0 saturated carbocycles. The Morgan fingerprint density at radius 2 is 1.87 bits per heavy atom. The van der Waals surface area contributed by atoms with E-state index >= 15 is 0 Å². The maximum Gasteiger partial charge on any atom is 0.196 e. The van der Waals surface area contributed by atoms with Crippen molar-refractivity contribution >= 4 is 11.0 Å². The summed E-state index contributed by atoms with van der Waals surface area (Å²) in [4.78, 5) is 11.4. The molecule has 4 heteroatoms. The van der Waals surface area contributed by atoms with Crippen LogP contribution in [0, 0.1) is 6.92 Å². The standard InChI is InChI=1S/C10H8O4.CH4/c1-5-2-7(12)10-8(13)3-6(11)4-9(10)14-5;/h2-4,11,13H,1H3;1H4. The minimum absolute atomic E-state index is 0. The third-order valence-corrected chi connectivity index (χ3v) is 1.92. The van der Waals surface area contributed by atoms with Gasteiger partial charge in [-0.1, -0.05) is 7.43 Å². The number of phenolic OH excluding ortho intramolecular Hbond substituents is 2. The Kier molecular flexibility index (Phi) is 2.70. The third kappa shape index (κ3) is 1.79. The monoisotopic (exact) mass is 208 g/mol. The van der Waals surface area contributed by atoms with E-state index in [1.54, 1.807) is 6.92 Å². The van der Waals surface area contributed by atoms with Crippen LogP contribution in [0.2, 0.25) is 0 Å². The Morgan fingerprint density at radius 3 is 2.53 bits per heavy atom. The fraction of sp³-hybridized carbons (Fsp3) is 0.182. The van der Waals surface area contributed by atoms with Gasteiger partial charge in [-0.25, -0.2) is 0 Å². The van der Waals surface area contributed by atoms with E-state index < -0.39 is 0 Å². The molecule has 0 saturated heterocycles. The molecule has 0 fully saturated rings. The first-order valence-corrected chi connectivity index (χ1v) is 4.04. The summed E-state index contributed by atoms with van der Waals surface area (Å²) < 4.78 is 5.18. The van der Waals surface area contributed by atoms with Crippen molar-refractivity contribution in [2.45, 2.75) is 14.4 Å². The predicted octanol–water partition coefficient (Wildman–Crippen LogP) is 2.15. The second kappa shape index (κ2) is 3.65. The average molecular weight is 208 g/mol. The van der Waals surface area contributed by atoms with Gasteiger partial charge in [0.05, 0.1) is 0 Å². The molecule has 2 rings (SSSR count). The van der Waals surface area contributed by atoms with Crippen molar-refractivity contribution < 1.29 is 14.6 Å². The summed E-state index contributed by atoms with van der Waals surface area (Å²) in [7, 11) is 0. The fourth-order valence-corrected chi connectivity index (χ4v) is 1.37. The number of phenols is 2. The molecule has 1 heterocycles. The van der Waals surface area contributed by atoms with E-state index in [1.807, 2.05) is 0 Å². The highest BCUT2D eigenvalue weighted by molar-refractivity contribution is 5.84. The molecule has 0 unspecified atom stereocenters. The van der Waals surface area contributed by atoms with Crippen LogP contribution in [-0.4, -0.2) is 10.2 Å². The normalized spacial score (nSPS) is 9.93. The van der Waals surface area contributed by atoms with Crippen LogP contribution in [-0.2, 0) is 0 Å². The van der Waals surface area contributed by atoms with Crippen molar-refractivity contribution in [3.63, 3.8) is 0 Å². The molecule has 0 spiro atoms. The molecule has 0 aliphatic heterocycles. The summed E-state index contributed by atoms with van der Waals surface area (Å²) in [6.45, 7) is 1.63. The molecule has 80 valence electrons. The van der Waals surface area contributed by atoms with Gasteiger partial charge in [0, 0.05) is 18.2 Å². The lowest BCUT2D eigenvalue weighted by molar-refractivity contribution is 0.451. The van der Waals surface area contributed by atoms with Crippen LogP contribution in [0.3, 0.4) is 0 Å². The molecule has 0 atom stereocenters. The van der Waals surface area contributed by atoms with E-state index in [9.17, 15) is 15.0 Å². The van der Waals surface area contributed by atoms with E-state index in [0.29, 0.717) is 5.76 Å². The van der Waals surface area contributed by atoms with Crippen molar-refractivity contribution in [2.75, 3.05) is 0 Å². The molecule has 0 aliphatic carbocycles. The van der Waals surface area contributed by atoms with E-state index in [2.05, 4.69) is 0 Å². The molecule has 0 amide bonds. The first-order valence-electron chi connectivity index (χ1n) is 4.04. The molecule has 0 radical (unpaired) electrons. The number of hydrogen-bond donors (Lipinski definition) is 2. The predicted molar refractivity (Wildman–Crippen MR) is 57.3 cm³/mol. The Morgan fingerprint density at radius 1 is 1.20 bits per heavy atom. The van der Waals surface area contributed by atoms with Gasteiger partial charge < -0.3 is 14.6 Å². The molecule has 0 aliphatic rings. The third-order valence-electron chi connectivity index (χ3n) is 1.92. The van der Waals surface area contributed by atoms with Gasteiger partial charge in [-0.15, -0.1) is 0 Å². The zero-order valence-corrected chi connectivity index (χ0v) is 7.44. The van der Waals surface area contributed by atoms with Crippen LogP contribution >= 0.6 is 0 Å². The van der Waals surface area contributed by atoms with Crippen LogP contribution in [0.5, 0.6) is 11.5 Å². The van der Waals surface area contributed by atoms with E-state index in [0.717, 1.165) is 6.07 Å². The van der Waals surface area contributed by atoms with Crippen molar-refractivity contribution in [2.24, 2.45) is 0 Å². The lowest BCUT2D eigenvalue weighted by Gasteiger charge is -2.01. The second-order valence-electron chi connectivity index (χ2n) is 3.06. The molecule has 0 bridgehead atoms. The van der Waals surface area contributed by atoms with Gasteiger partial charge in [0.1, 0.15) is 28.2 Å². The minimum atomic E-state index is -0.318. The number of fused-ring (bicyclic) bond motifs is 1. The zero-order chi connectivity index (χ0) is 10.3. The smallest absolute Gasteiger partial charge is 0.196 e. The van der Waals surface area contributed by atoms with Gasteiger partial charge in [-0.3, -0.25) is 4.79 Å². The highest BCUT2D eigenvalue weighted by Gasteiger charge is 2.08. The lowest BCUT2D eigenvalue weighted by atomic mass is 10.2. The highest BCUT2D eigenvalue weighted by atomic mass is 16.3. The van der Waals surface area contributed by atoms with Gasteiger partial charge in [-0.05, 0) is 6.92 Å². The van der Waals surface area contributed by atoms with E-state index in [4.69, 9.17) is 4.42 Å². The molecular formula is C11H12O4. The summed E-state index contributed by atoms with van der Waals surface area (Å²) in [5.41, 5.74) is -0.131. The van der Waals surface area contributed by atoms with Gasteiger partial charge in [-0.2, -0.15) is 0 Å². The molecule has 4 nitrogen and oxygen atoms in total. The van der Waals surface area contributed by atoms with Gasteiger partial charge in [0.15, 0.2) is 5.43 Å². The number of aryl methyl sites for hydroxylation is 1. The van der Waals surface area contributed by atoms with E-state index in [-0.39, 0.29) is 35.3 Å². The van der Waals surface area contributed by atoms with Crippen LogP contribution < -0.4 is 5.43 Å². The van der Waals surface area contributed by atoms with Gasteiger partial charge >= 0.3 is 0 Å². The summed E-state index contributed by atoms with van der Waals surface area (Å²) >= 11 is 0. The second-order valence-corrected chi connectivity index (χ2v) is 3.06. The zero-order valence-electron chi connectivity index (χ0n) is 7.44. The molecule has 1 aromatic heterocycles. The Labute approximate surface area is 86.4 Å². The maximum atomic E-state index is 11.4. The summed E-state index contributed by atoms with van der Waals surface area (Å²) in [5, 5.41) is 18.7. The first kappa shape index (κ1) is 11.1. The van der Waals surface area contributed by atoms with Gasteiger partial charge in [0.25, 0.3) is 0 Å². The SMILES string of the molecule is C.Cc1cc(=O)c2c(O)cc(O)cc2o1. The molecule has 1 aromatic carbocycles. The summed E-state index contributed by atoms with van der Waals surface area (Å²) in [6, 6.07) is 3.69. The number of aromatic hydroxyl groups is 2. The molecular weight excluding hydrogens is 196 g/mol. The quantitative estimate of drug-likeness (QED) is 0.695. The highest BCUT2D eigenvalue weighted by Crippen LogP contribution is 2.27. The Hall–Kier alpha value is -1.97. The van der Waals surface area contributed by atoms with Crippen LogP contribution in [0.4, 0.5) is 0 Å².